The standard InChI is InChI=1S/C17H17NO3.CH4O3S/c18-9-10-20-16-8-4-2-6-13(16)17-14(19)11-12-5-1-3-7-15(12)21-17;1-5(2,3)4/h1-8,17H,9-11,18H2;1H3,(H,2,3,4). The Kier molecular flexibility index (Phi) is 6.73. The molecule has 3 rings (SSSR count). The molecule has 0 aromatic heterocycles. The molecule has 0 aliphatic carbocycles. The van der Waals surface area contributed by atoms with Gasteiger partial charge in [-0.1, -0.05) is 36.4 Å². The molecule has 0 saturated carbocycles. The van der Waals surface area contributed by atoms with E-state index in [0.717, 1.165) is 16.9 Å². The fraction of sp³-hybridized carbons (Fsp3) is 0.278. The van der Waals surface area contributed by atoms with E-state index in [9.17, 15) is 13.2 Å². The molecule has 1 aliphatic heterocycles. The van der Waals surface area contributed by atoms with Crippen LogP contribution in [-0.2, 0) is 21.3 Å². The van der Waals surface area contributed by atoms with Gasteiger partial charge >= 0.3 is 0 Å². The Bertz CT molecular complexity index is 857. The average molecular weight is 379 g/mol. The Balaban J connectivity index is 0.000000431. The first kappa shape index (κ1) is 19.9. The molecule has 26 heavy (non-hydrogen) atoms. The summed E-state index contributed by atoms with van der Waals surface area (Å²) >= 11 is 0. The van der Waals surface area contributed by atoms with Gasteiger partial charge in [0.15, 0.2) is 11.9 Å². The Hall–Kier alpha value is -2.42. The quantitative estimate of drug-likeness (QED) is 0.778. The predicted molar refractivity (Wildman–Crippen MR) is 97.0 cm³/mol. The van der Waals surface area contributed by atoms with Gasteiger partial charge in [0.05, 0.1) is 6.26 Å². The number of ketones is 1. The fourth-order valence-electron chi connectivity index (χ4n) is 2.47. The molecule has 1 aliphatic rings. The maximum Gasteiger partial charge on any atom is 0.261 e. The Morgan fingerprint density at radius 2 is 1.81 bits per heavy atom. The van der Waals surface area contributed by atoms with Gasteiger partial charge in [0.25, 0.3) is 10.1 Å². The number of rotatable bonds is 4. The molecule has 2 aromatic carbocycles. The fourth-order valence-corrected chi connectivity index (χ4v) is 2.47. The molecular formula is C18H21NO6S. The normalized spacial score (nSPS) is 16.0. The number of hydrogen-bond acceptors (Lipinski definition) is 6. The zero-order valence-corrected chi connectivity index (χ0v) is 15.1. The van der Waals surface area contributed by atoms with Gasteiger partial charge in [-0.05, 0) is 12.1 Å². The lowest BCUT2D eigenvalue weighted by Crippen LogP contribution is -2.26. The van der Waals surface area contributed by atoms with Gasteiger partial charge in [-0.3, -0.25) is 9.35 Å². The summed E-state index contributed by atoms with van der Waals surface area (Å²) in [5, 5.41) is 0. The van der Waals surface area contributed by atoms with E-state index in [1.54, 1.807) is 0 Å². The van der Waals surface area contributed by atoms with Gasteiger partial charge in [-0.2, -0.15) is 8.42 Å². The lowest BCUT2D eigenvalue weighted by molar-refractivity contribution is -0.126. The van der Waals surface area contributed by atoms with Crippen LogP contribution in [0.5, 0.6) is 11.5 Å². The maximum atomic E-state index is 12.4. The number of benzene rings is 2. The first-order valence-electron chi connectivity index (χ1n) is 7.91. The molecule has 140 valence electrons. The van der Waals surface area contributed by atoms with Crippen LogP contribution in [0.15, 0.2) is 48.5 Å². The highest BCUT2D eigenvalue weighted by Crippen LogP contribution is 2.36. The zero-order chi connectivity index (χ0) is 19.2. The van der Waals surface area contributed by atoms with E-state index in [1.807, 2.05) is 48.5 Å². The van der Waals surface area contributed by atoms with E-state index in [-0.39, 0.29) is 5.78 Å². The van der Waals surface area contributed by atoms with Crippen LogP contribution in [0.3, 0.4) is 0 Å². The van der Waals surface area contributed by atoms with Crippen LogP contribution in [-0.4, -0.2) is 38.2 Å². The molecule has 0 amide bonds. The van der Waals surface area contributed by atoms with E-state index in [1.165, 1.54) is 0 Å². The van der Waals surface area contributed by atoms with Crippen LogP contribution in [0.25, 0.3) is 0 Å². The highest BCUT2D eigenvalue weighted by atomic mass is 32.2. The minimum Gasteiger partial charge on any atom is -0.492 e. The Morgan fingerprint density at radius 1 is 1.19 bits per heavy atom. The zero-order valence-electron chi connectivity index (χ0n) is 14.3. The van der Waals surface area contributed by atoms with Gasteiger partial charge in [0.1, 0.15) is 18.1 Å². The van der Waals surface area contributed by atoms with E-state index in [0.29, 0.717) is 31.6 Å². The lowest BCUT2D eigenvalue weighted by atomic mass is 9.95. The minimum absolute atomic E-state index is 0.0394. The topological polar surface area (TPSA) is 116 Å². The van der Waals surface area contributed by atoms with Crippen molar-refractivity contribution >= 4 is 15.9 Å². The van der Waals surface area contributed by atoms with Gasteiger partial charge in [-0.15, -0.1) is 0 Å². The second-order valence-electron chi connectivity index (χ2n) is 5.66. The molecule has 1 unspecified atom stereocenters. The molecule has 0 fully saturated rings. The number of nitrogens with two attached hydrogens (primary N) is 1. The van der Waals surface area contributed by atoms with E-state index >= 15 is 0 Å². The lowest BCUT2D eigenvalue weighted by Gasteiger charge is -2.26. The summed E-state index contributed by atoms with van der Waals surface area (Å²) in [6.07, 6.45) is 0.480. The van der Waals surface area contributed by atoms with E-state index < -0.39 is 16.2 Å². The number of Topliss-reactive ketones (excluding diaryl/α,β-unsaturated/α-hetero) is 1. The first-order chi connectivity index (χ1) is 12.3. The first-order valence-corrected chi connectivity index (χ1v) is 9.76. The number of carbonyl (C=O) groups excluding carboxylic acids is 1. The van der Waals surface area contributed by atoms with Gasteiger partial charge in [0.2, 0.25) is 0 Å². The van der Waals surface area contributed by atoms with Crippen LogP contribution in [0.2, 0.25) is 0 Å². The van der Waals surface area contributed by atoms with Gasteiger partial charge in [-0.25, -0.2) is 0 Å². The van der Waals surface area contributed by atoms with Crippen LogP contribution in [0, 0.1) is 0 Å². The van der Waals surface area contributed by atoms with E-state index in [2.05, 4.69) is 0 Å². The van der Waals surface area contributed by atoms with Crippen LogP contribution < -0.4 is 15.2 Å². The third-order valence-corrected chi connectivity index (χ3v) is 3.45. The third kappa shape index (κ3) is 5.83. The SMILES string of the molecule is CS(=O)(=O)O.NCCOc1ccccc1C1Oc2ccccc2CC1=O. The second kappa shape index (κ2) is 8.79. The van der Waals surface area contributed by atoms with Crippen molar-refractivity contribution in [1.82, 2.24) is 0 Å². The van der Waals surface area contributed by atoms with E-state index in [4.69, 9.17) is 19.8 Å². The third-order valence-electron chi connectivity index (χ3n) is 3.45. The second-order valence-corrected chi connectivity index (χ2v) is 7.12. The van der Waals surface area contributed by atoms with Crippen molar-refractivity contribution in [3.63, 3.8) is 0 Å². The molecule has 8 heteroatoms. The van der Waals surface area contributed by atoms with Gasteiger partial charge < -0.3 is 15.2 Å². The molecule has 1 heterocycles. The predicted octanol–water partition coefficient (Wildman–Crippen LogP) is 1.77. The van der Waals surface area contributed by atoms with Crippen molar-refractivity contribution in [2.75, 3.05) is 19.4 Å². The van der Waals surface area contributed by atoms with Crippen molar-refractivity contribution in [3.8, 4) is 11.5 Å². The molecular weight excluding hydrogens is 358 g/mol. The van der Waals surface area contributed by atoms with Crippen molar-refractivity contribution in [1.29, 1.82) is 0 Å². The molecule has 1 atom stereocenters. The smallest absolute Gasteiger partial charge is 0.261 e. The molecule has 0 saturated heterocycles. The molecule has 0 bridgehead atoms. The van der Waals surface area contributed by atoms with Crippen molar-refractivity contribution in [2.24, 2.45) is 5.73 Å². The number of carbonyl (C=O) groups is 1. The minimum atomic E-state index is -3.67. The summed E-state index contributed by atoms with van der Waals surface area (Å²) < 4.78 is 37.4. The van der Waals surface area contributed by atoms with Crippen LogP contribution in [0.1, 0.15) is 17.2 Å². The highest BCUT2D eigenvalue weighted by Gasteiger charge is 2.31. The Labute approximate surface area is 152 Å². The van der Waals surface area contributed by atoms with Crippen molar-refractivity contribution in [3.05, 3.63) is 59.7 Å². The Morgan fingerprint density at radius 3 is 2.50 bits per heavy atom. The largest absolute Gasteiger partial charge is 0.492 e. The molecule has 2 aromatic rings. The van der Waals surface area contributed by atoms with Crippen LogP contribution >= 0.6 is 0 Å². The number of hydrogen-bond donors (Lipinski definition) is 2. The molecule has 7 nitrogen and oxygen atoms in total. The molecule has 0 spiro atoms. The summed E-state index contributed by atoms with van der Waals surface area (Å²) in [4.78, 5) is 12.4. The average Bonchev–Trinajstić information content (AvgIpc) is 2.58. The summed E-state index contributed by atoms with van der Waals surface area (Å²) in [5.41, 5.74) is 7.16. The summed E-state index contributed by atoms with van der Waals surface area (Å²) in [5.74, 6) is 1.45. The molecule has 0 radical (unpaired) electrons. The number of para-hydroxylation sites is 2. The van der Waals surface area contributed by atoms with Crippen LogP contribution in [0.4, 0.5) is 0 Å². The maximum absolute atomic E-state index is 12.4. The highest BCUT2D eigenvalue weighted by molar-refractivity contribution is 7.85. The number of ether oxygens (including phenoxy) is 2. The molecule has 3 N–H and O–H groups in total. The summed E-state index contributed by atoms with van der Waals surface area (Å²) in [6.45, 7) is 0.838. The summed E-state index contributed by atoms with van der Waals surface area (Å²) in [6, 6.07) is 15.1. The summed E-state index contributed by atoms with van der Waals surface area (Å²) in [7, 11) is -3.67. The van der Waals surface area contributed by atoms with Crippen molar-refractivity contribution < 1.29 is 27.2 Å². The monoisotopic (exact) mass is 379 g/mol. The van der Waals surface area contributed by atoms with Crippen molar-refractivity contribution in [2.45, 2.75) is 12.5 Å². The van der Waals surface area contributed by atoms with Gasteiger partial charge in [0, 0.05) is 24.1 Å². The number of fused-ring (bicyclic) bond motifs is 1.